The van der Waals surface area contributed by atoms with Crippen LogP contribution in [0, 0.1) is 19.7 Å². The summed E-state index contributed by atoms with van der Waals surface area (Å²) in [6.45, 7) is 4.35. The number of esters is 1. The van der Waals surface area contributed by atoms with Crippen LogP contribution in [0.2, 0.25) is 0 Å². The minimum Gasteiger partial charge on any atom is -0.456 e. The van der Waals surface area contributed by atoms with Gasteiger partial charge < -0.3 is 9.30 Å². The molecule has 2 rings (SSSR count). The van der Waals surface area contributed by atoms with Crippen LogP contribution < -0.4 is 4.72 Å². The zero-order valence-corrected chi connectivity index (χ0v) is 16.3. The number of Topliss-reactive ketones (excluding diaryl/α,β-unsaturated/α-hetero) is 1. The lowest BCUT2D eigenvalue weighted by atomic mass is 10.1. The van der Waals surface area contributed by atoms with E-state index >= 15 is 0 Å². The number of aryl methyl sites for hydroxylation is 1. The van der Waals surface area contributed by atoms with Gasteiger partial charge in [-0.1, -0.05) is 12.1 Å². The first-order valence-corrected chi connectivity index (χ1v) is 9.62. The Hall–Kier alpha value is -2.52. The minimum atomic E-state index is -4.25. The number of carbonyl (C=O) groups excluding carboxylic acids is 2. The number of ether oxygens (including phenoxy) is 1. The van der Waals surface area contributed by atoms with Crippen LogP contribution in [0.25, 0.3) is 0 Å². The second-order valence-electron chi connectivity index (χ2n) is 6.15. The first-order chi connectivity index (χ1) is 12.5. The van der Waals surface area contributed by atoms with E-state index in [1.165, 1.54) is 19.1 Å². The first-order valence-electron chi connectivity index (χ1n) is 8.14. The van der Waals surface area contributed by atoms with Gasteiger partial charge in [0.2, 0.25) is 15.8 Å². The summed E-state index contributed by atoms with van der Waals surface area (Å²) >= 11 is 0. The summed E-state index contributed by atoms with van der Waals surface area (Å²) < 4.78 is 46.8. The van der Waals surface area contributed by atoms with Crippen molar-refractivity contribution in [3.05, 3.63) is 53.1 Å². The van der Waals surface area contributed by atoms with Gasteiger partial charge in [-0.3, -0.25) is 9.59 Å². The van der Waals surface area contributed by atoms with Crippen molar-refractivity contribution in [1.82, 2.24) is 9.29 Å². The lowest BCUT2D eigenvalue weighted by molar-refractivity contribution is -0.144. The predicted molar refractivity (Wildman–Crippen MR) is 96.4 cm³/mol. The van der Waals surface area contributed by atoms with Gasteiger partial charge in [-0.15, -0.1) is 0 Å². The third kappa shape index (κ3) is 4.61. The number of hydrogen-bond acceptors (Lipinski definition) is 5. The Bertz CT molecular complexity index is 982. The summed E-state index contributed by atoms with van der Waals surface area (Å²) in [5.41, 5.74) is 2.05. The number of nitrogens with one attached hydrogen (secondary N) is 1. The highest BCUT2D eigenvalue weighted by Gasteiger charge is 2.26. The van der Waals surface area contributed by atoms with Crippen LogP contribution in [0.4, 0.5) is 4.39 Å². The Labute approximate surface area is 157 Å². The van der Waals surface area contributed by atoms with Crippen LogP contribution in [0.3, 0.4) is 0 Å². The first kappa shape index (κ1) is 20.8. The van der Waals surface area contributed by atoms with E-state index in [9.17, 15) is 22.4 Å². The molecule has 0 aliphatic rings. The second-order valence-corrected chi connectivity index (χ2v) is 7.83. The number of aromatic nitrogens is 1. The molecule has 146 valence electrons. The molecule has 0 amide bonds. The molecule has 27 heavy (non-hydrogen) atoms. The van der Waals surface area contributed by atoms with E-state index in [1.54, 1.807) is 13.0 Å². The monoisotopic (exact) mass is 396 g/mol. The molecule has 0 bridgehead atoms. The van der Waals surface area contributed by atoms with Gasteiger partial charge in [0, 0.05) is 24.0 Å². The van der Waals surface area contributed by atoms with E-state index in [2.05, 4.69) is 0 Å². The third-order valence-corrected chi connectivity index (χ3v) is 5.81. The van der Waals surface area contributed by atoms with E-state index in [4.69, 9.17) is 4.74 Å². The van der Waals surface area contributed by atoms with E-state index in [0.29, 0.717) is 5.56 Å². The highest BCUT2D eigenvalue weighted by molar-refractivity contribution is 7.89. The number of nitrogens with zero attached hydrogens (tertiary/aromatic N) is 1. The fraction of sp³-hybridized carbons (Fsp3) is 0.333. The number of carbonyl (C=O) groups is 2. The molecule has 2 aromatic rings. The summed E-state index contributed by atoms with van der Waals surface area (Å²) in [5, 5.41) is 0. The molecular weight excluding hydrogens is 375 g/mol. The van der Waals surface area contributed by atoms with Gasteiger partial charge in [-0.25, -0.2) is 12.8 Å². The molecule has 0 aliphatic heterocycles. The van der Waals surface area contributed by atoms with Crippen molar-refractivity contribution in [2.75, 3.05) is 6.61 Å². The number of ketones is 1. The van der Waals surface area contributed by atoms with Crippen molar-refractivity contribution < 1.29 is 27.1 Å². The smallest absolute Gasteiger partial charge is 0.324 e. The number of halogens is 1. The number of sulfonamides is 1. The molecule has 7 nitrogen and oxygen atoms in total. The Morgan fingerprint density at radius 1 is 1.26 bits per heavy atom. The van der Waals surface area contributed by atoms with E-state index in [0.717, 1.165) is 23.5 Å². The van der Waals surface area contributed by atoms with Crippen molar-refractivity contribution >= 4 is 21.8 Å². The van der Waals surface area contributed by atoms with Gasteiger partial charge in [0.05, 0.1) is 0 Å². The van der Waals surface area contributed by atoms with Crippen LogP contribution in [-0.4, -0.2) is 37.4 Å². The molecule has 0 saturated heterocycles. The molecule has 9 heteroatoms. The van der Waals surface area contributed by atoms with Gasteiger partial charge in [-0.05, 0) is 39.0 Å². The zero-order valence-electron chi connectivity index (χ0n) is 15.4. The average Bonchev–Trinajstić information content (AvgIpc) is 2.86. The van der Waals surface area contributed by atoms with Crippen molar-refractivity contribution in [2.24, 2.45) is 7.05 Å². The molecule has 1 aromatic carbocycles. The van der Waals surface area contributed by atoms with Crippen LogP contribution in [0.15, 0.2) is 35.2 Å². The lowest BCUT2D eigenvalue weighted by Crippen LogP contribution is -2.40. The van der Waals surface area contributed by atoms with Gasteiger partial charge in [0.25, 0.3) is 0 Å². The van der Waals surface area contributed by atoms with Crippen molar-refractivity contribution in [1.29, 1.82) is 0 Å². The topological polar surface area (TPSA) is 94.5 Å². The fourth-order valence-electron chi connectivity index (χ4n) is 2.48. The third-order valence-electron chi connectivity index (χ3n) is 4.23. The second kappa shape index (κ2) is 8.01. The Kier molecular flexibility index (Phi) is 6.17. The lowest BCUT2D eigenvalue weighted by Gasteiger charge is -2.14. The number of rotatable bonds is 7. The Balaban J connectivity index is 2.00. The van der Waals surface area contributed by atoms with E-state index in [1.807, 2.05) is 23.3 Å². The largest absolute Gasteiger partial charge is 0.456 e. The quantitative estimate of drug-likeness (QED) is 0.570. The molecule has 0 saturated carbocycles. The summed E-state index contributed by atoms with van der Waals surface area (Å²) in [7, 11) is -2.44. The average molecular weight is 396 g/mol. The molecule has 0 spiro atoms. The molecule has 0 unspecified atom stereocenters. The maximum Gasteiger partial charge on any atom is 0.324 e. The molecule has 1 atom stereocenters. The van der Waals surface area contributed by atoms with Crippen LogP contribution in [0.1, 0.15) is 28.7 Å². The normalized spacial score (nSPS) is 12.6. The number of hydrogen-bond donors (Lipinski definition) is 1. The summed E-state index contributed by atoms with van der Waals surface area (Å²) in [5.74, 6) is -2.27. The van der Waals surface area contributed by atoms with Gasteiger partial charge >= 0.3 is 5.97 Å². The number of benzene rings is 1. The highest BCUT2D eigenvalue weighted by atomic mass is 32.2. The van der Waals surface area contributed by atoms with Gasteiger partial charge in [0.15, 0.2) is 6.61 Å². The van der Waals surface area contributed by atoms with E-state index < -0.39 is 45.1 Å². The molecular formula is C18H21FN2O5S. The van der Waals surface area contributed by atoms with Crippen molar-refractivity contribution in [3.63, 3.8) is 0 Å². The van der Waals surface area contributed by atoms with Gasteiger partial charge in [-0.2, -0.15) is 4.72 Å². The SMILES string of the molecule is Cc1cc(C(=O)COC(=O)[C@H](C)NS(=O)(=O)c2ccccc2F)c(C)n1C. The molecule has 0 aliphatic carbocycles. The summed E-state index contributed by atoms with van der Waals surface area (Å²) in [4.78, 5) is 23.7. The Morgan fingerprint density at radius 3 is 2.44 bits per heavy atom. The predicted octanol–water partition coefficient (Wildman–Crippen LogP) is 1.87. The molecule has 1 N–H and O–H groups in total. The van der Waals surface area contributed by atoms with Gasteiger partial charge in [0.1, 0.15) is 16.8 Å². The molecule has 1 aromatic heterocycles. The van der Waals surface area contributed by atoms with Crippen LogP contribution in [-0.2, 0) is 26.6 Å². The van der Waals surface area contributed by atoms with E-state index in [-0.39, 0.29) is 0 Å². The van der Waals surface area contributed by atoms with Crippen molar-refractivity contribution in [3.8, 4) is 0 Å². The zero-order chi connectivity index (χ0) is 20.4. The maximum absolute atomic E-state index is 13.7. The van der Waals surface area contributed by atoms with Crippen molar-refractivity contribution in [2.45, 2.75) is 31.7 Å². The Morgan fingerprint density at radius 2 is 1.89 bits per heavy atom. The van der Waals surface area contributed by atoms with Crippen LogP contribution >= 0.6 is 0 Å². The summed E-state index contributed by atoms with van der Waals surface area (Å²) in [6, 6.07) is 5.20. The highest BCUT2D eigenvalue weighted by Crippen LogP contribution is 2.15. The molecule has 0 fully saturated rings. The maximum atomic E-state index is 13.7. The van der Waals surface area contributed by atoms with Crippen LogP contribution in [0.5, 0.6) is 0 Å². The summed E-state index contributed by atoms with van der Waals surface area (Å²) in [6.07, 6.45) is 0. The fourth-order valence-corrected chi connectivity index (χ4v) is 3.76. The molecule has 1 heterocycles. The molecule has 0 radical (unpaired) electrons. The minimum absolute atomic E-state index is 0.395. The standard InChI is InChI=1S/C18H21FN2O5S/c1-11-9-14(13(3)21(11)4)16(22)10-26-18(23)12(2)20-27(24,25)17-8-6-5-7-15(17)19/h5-9,12,20H,10H2,1-4H3/t12-/m0/s1.